The van der Waals surface area contributed by atoms with E-state index in [0.29, 0.717) is 11.5 Å². The van der Waals surface area contributed by atoms with E-state index in [9.17, 15) is 4.79 Å². The molecule has 0 spiro atoms. The molecule has 5 aromatic carbocycles. The van der Waals surface area contributed by atoms with Crippen LogP contribution in [-0.2, 0) is 25.2 Å². The zero-order valence-corrected chi connectivity index (χ0v) is 25.4. The summed E-state index contributed by atoms with van der Waals surface area (Å²) in [5, 5.41) is 4.43. The van der Waals surface area contributed by atoms with Crippen molar-refractivity contribution in [1.29, 1.82) is 0 Å². The van der Waals surface area contributed by atoms with E-state index in [1.807, 2.05) is 48.5 Å². The Kier molecular flexibility index (Phi) is 8.10. The van der Waals surface area contributed by atoms with Crippen LogP contribution in [0.4, 0.5) is 0 Å². The molecule has 7 rings (SSSR count). The quantitative estimate of drug-likeness (QED) is 0.139. The fraction of sp³-hybridized carbons (Fsp3) is 0.222. The molecule has 0 N–H and O–H groups in total. The summed E-state index contributed by atoms with van der Waals surface area (Å²) >= 11 is 0. The maximum Gasteiger partial charge on any atom is 0.338 e. The first-order chi connectivity index (χ1) is 19.7. The van der Waals surface area contributed by atoms with Gasteiger partial charge in [0.1, 0.15) is 24.7 Å². The van der Waals surface area contributed by atoms with Gasteiger partial charge in [0.25, 0.3) is 0 Å². The molecule has 0 atom stereocenters. The Bertz CT molecular complexity index is 1600. The summed E-state index contributed by atoms with van der Waals surface area (Å²) in [5.41, 5.74) is 3.83. The largest absolute Gasteiger partial charge is 0.489 e. The number of rotatable bonds is 3. The third-order valence-corrected chi connectivity index (χ3v) is 8.21. The minimum atomic E-state index is -0.571. The van der Waals surface area contributed by atoms with Gasteiger partial charge in [-0.15, -0.1) is 0 Å². The molecule has 1 aliphatic carbocycles. The molecule has 1 fully saturated rings. The van der Waals surface area contributed by atoms with E-state index in [-0.39, 0.29) is 39.6 Å². The van der Waals surface area contributed by atoms with Crippen LogP contribution in [0.5, 0.6) is 11.5 Å². The van der Waals surface area contributed by atoms with Crippen molar-refractivity contribution in [3.05, 3.63) is 115 Å². The van der Waals surface area contributed by atoms with E-state index in [1.165, 1.54) is 18.4 Å². The van der Waals surface area contributed by atoms with E-state index in [0.717, 1.165) is 57.0 Å². The van der Waals surface area contributed by atoms with Gasteiger partial charge in [-0.25, -0.2) is 4.79 Å². The number of hydrogen-bond donors (Lipinski definition) is 0. The second kappa shape index (κ2) is 12.1. The molecule has 0 aromatic heterocycles. The maximum atomic E-state index is 13.2. The molecule has 5 heteroatoms. The van der Waals surface area contributed by atoms with Gasteiger partial charge in [0.05, 0.1) is 5.56 Å². The van der Waals surface area contributed by atoms with Crippen LogP contribution in [0, 0.1) is 6.42 Å². The van der Waals surface area contributed by atoms with Crippen LogP contribution in [0.15, 0.2) is 97.1 Å². The number of hydrogen-bond acceptors (Lipinski definition) is 4. The van der Waals surface area contributed by atoms with Crippen molar-refractivity contribution in [2.75, 3.05) is 13.2 Å². The van der Waals surface area contributed by atoms with Gasteiger partial charge in [0.15, 0.2) is 6.10 Å². The van der Waals surface area contributed by atoms with Crippen molar-refractivity contribution in [2.24, 2.45) is 0 Å². The normalized spacial score (nSPS) is 15.7. The SMILES string of the molecule is O=C(OC1COc2ccc3ccccc3c2-c2c(ccc3ccccc23)OC1)c1ccc(C2CC[CH-]CC2)cc1.[Re]. The molecule has 1 aliphatic heterocycles. The second-order valence-corrected chi connectivity index (χ2v) is 10.7. The third-order valence-electron chi connectivity index (χ3n) is 8.21. The number of carbonyl (C=O) groups excluding carboxylic acids is 1. The molecule has 1 heterocycles. The van der Waals surface area contributed by atoms with Crippen LogP contribution in [0.2, 0.25) is 0 Å². The van der Waals surface area contributed by atoms with Crippen molar-refractivity contribution in [1.82, 2.24) is 0 Å². The first-order valence-electron chi connectivity index (χ1n) is 14.2. The number of ether oxygens (including phenoxy) is 3. The van der Waals surface area contributed by atoms with Crippen LogP contribution < -0.4 is 9.47 Å². The second-order valence-electron chi connectivity index (χ2n) is 10.7. The fourth-order valence-corrected chi connectivity index (χ4v) is 6.11. The van der Waals surface area contributed by atoms with Crippen molar-refractivity contribution in [3.8, 4) is 22.6 Å². The Balaban J connectivity index is 0.00000302. The molecule has 0 bridgehead atoms. The van der Waals surface area contributed by atoms with Gasteiger partial charge in [-0.05, 0) is 57.3 Å². The van der Waals surface area contributed by atoms with Crippen molar-refractivity contribution >= 4 is 27.5 Å². The average Bonchev–Trinajstić information content (AvgIpc) is 3.09. The van der Waals surface area contributed by atoms with Crippen LogP contribution in [0.25, 0.3) is 32.7 Å². The smallest absolute Gasteiger partial charge is 0.338 e. The van der Waals surface area contributed by atoms with Gasteiger partial charge in [-0.3, -0.25) is 0 Å². The number of benzene rings is 5. The standard InChI is InChI=1S/C36H31O4.Re/c37-36(28-16-14-25(15-17-28)24-8-2-1-3-9-24)40-29-22-38-32-20-18-26-10-4-6-12-30(26)34(32)35-31-13-7-5-11-27(31)19-21-33(35)39-23-29;/h1,4-7,10-21,24,29H,2-3,8-9,22-23H2;/q-1;. The van der Waals surface area contributed by atoms with Crippen LogP contribution in [-0.4, -0.2) is 25.3 Å². The first kappa shape index (κ1) is 27.5. The summed E-state index contributed by atoms with van der Waals surface area (Å²) in [6, 6.07) is 32.7. The average molecular weight is 714 g/mol. The molecule has 0 unspecified atom stereocenters. The van der Waals surface area contributed by atoms with Gasteiger partial charge in [-0.2, -0.15) is 12.8 Å². The summed E-state index contributed by atoms with van der Waals surface area (Å²) < 4.78 is 18.8. The van der Waals surface area contributed by atoms with Gasteiger partial charge in [0, 0.05) is 31.5 Å². The predicted octanol–water partition coefficient (Wildman–Crippen LogP) is 8.52. The molecule has 0 amide bonds. The zero-order valence-electron chi connectivity index (χ0n) is 22.7. The van der Waals surface area contributed by atoms with Crippen LogP contribution in [0.3, 0.4) is 0 Å². The van der Waals surface area contributed by atoms with Gasteiger partial charge in [0.2, 0.25) is 0 Å². The summed E-state index contributed by atoms with van der Waals surface area (Å²) in [4.78, 5) is 13.2. The molecular formula is C36H31O4Re-. The summed E-state index contributed by atoms with van der Waals surface area (Å²) in [5.74, 6) is 1.70. The summed E-state index contributed by atoms with van der Waals surface area (Å²) in [6.07, 6.45) is 6.47. The molecular weight excluding hydrogens is 683 g/mol. The van der Waals surface area contributed by atoms with E-state index in [1.54, 1.807) is 0 Å². The monoisotopic (exact) mass is 714 g/mol. The Morgan fingerprint density at radius 3 is 1.78 bits per heavy atom. The zero-order chi connectivity index (χ0) is 26.9. The van der Waals surface area contributed by atoms with Crippen molar-refractivity contribution in [2.45, 2.75) is 37.7 Å². The molecule has 41 heavy (non-hydrogen) atoms. The Hall–Kier alpha value is -3.65. The first-order valence-corrected chi connectivity index (χ1v) is 14.2. The van der Waals surface area contributed by atoms with E-state index < -0.39 is 6.10 Å². The van der Waals surface area contributed by atoms with E-state index in [2.05, 4.69) is 55.0 Å². The number of fused-ring (bicyclic) bond motifs is 7. The van der Waals surface area contributed by atoms with Gasteiger partial charge in [-0.1, -0.05) is 85.6 Å². The topological polar surface area (TPSA) is 44.8 Å². The Morgan fingerprint density at radius 1 is 0.683 bits per heavy atom. The van der Waals surface area contributed by atoms with Crippen LogP contribution >= 0.6 is 0 Å². The number of carbonyl (C=O) groups is 1. The third kappa shape index (κ3) is 5.50. The fourth-order valence-electron chi connectivity index (χ4n) is 6.11. The summed E-state index contributed by atoms with van der Waals surface area (Å²) in [6.45, 7) is 0.388. The molecule has 4 nitrogen and oxygen atoms in total. The van der Waals surface area contributed by atoms with Crippen molar-refractivity contribution in [3.63, 3.8) is 0 Å². The molecule has 5 aromatic rings. The molecule has 207 valence electrons. The van der Waals surface area contributed by atoms with Crippen LogP contribution in [0.1, 0.15) is 47.5 Å². The molecule has 1 radical (unpaired) electrons. The molecule has 0 saturated heterocycles. The number of esters is 1. The van der Waals surface area contributed by atoms with E-state index in [4.69, 9.17) is 14.2 Å². The minimum Gasteiger partial charge on any atom is -0.489 e. The predicted molar refractivity (Wildman–Crippen MR) is 159 cm³/mol. The molecule has 2 aliphatic rings. The summed E-state index contributed by atoms with van der Waals surface area (Å²) in [7, 11) is 0. The van der Waals surface area contributed by atoms with Crippen molar-refractivity contribution < 1.29 is 39.4 Å². The van der Waals surface area contributed by atoms with Gasteiger partial charge >= 0.3 is 5.97 Å². The maximum absolute atomic E-state index is 13.2. The van der Waals surface area contributed by atoms with E-state index >= 15 is 0 Å². The minimum absolute atomic E-state index is 0. The molecule has 1 saturated carbocycles. The Labute approximate surface area is 254 Å². The van der Waals surface area contributed by atoms with Gasteiger partial charge < -0.3 is 20.6 Å². The Morgan fingerprint density at radius 2 is 1.22 bits per heavy atom.